The van der Waals surface area contributed by atoms with Crippen molar-refractivity contribution in [2.75, 3.05) is 0 Å². The summed E-state index contributed by atoms with van der Waals surface area (Å²) in [7, 11) is 0. The van der Waals surface area contributed by atoms with Gasteiger partial charge in [-0.1, -0.05) is 60.7 Å². The van der Waals surface area contributed by atoms with Gasteiger partial charge in [0.1, 0.15) is 0 Å². The molecule has 0 unspecified atom stereocenters. The molecule has 0 N–H and O–H groups in total. The Balaban J connectivity index is 2.13. The highest BCUT2D eigenvalue weighted by Crippen LogP contribution is 2.39. The lowest BCUT2D eigenvalue weighted by atomic mass is 9.98. The number of ketones is 2. The fourth-order valence-corrected chi connectivity index (χ4v) is 3.05. The molecule has 0 aromatic heterocycles. The Morgan fingerprint density at radius 2 is 1.43 bits per heavy atom. The van der Waals surface area contributed by atoms with Crippen LogP contribution in [0.25, 0.3) is 4.91 Å². The van der Waals surface area contributed by atoms with Crippen LogP contribution in [0.5, 0.6) is 0 Å². The highest BCUT2D eigenvalue weighted by Gasteiger charge is 2.37. The van der Waals surface area contributed by atoms with Crippen LogP contribution in [-0.4, -0.2) is 16.7 Å². The average Bonchev–Trinajstić information content (AvgIpc) is 2.84. The average molecular weight is 296 g/mol. The van der Waals surface area contributed by atoms with Crippen LogP contribution < -0.4 is 0 Å². The molecule has 3 nitrogen and oxygen atoms in total. The van der Waals surface area contributed by atoms with E-state index in [0.717, 1.165) is 11.8 Å². The van der Waals surface area contributed by atoms with Gasteiger partial charge in [-0.3, -0.25) is 14.4 Å². The molecule has 0 radical (unpaired) electrons. The zero-order valence-electron chi connectivity index (χ0n) is 10.9. The summed E-state index contributed by atoms with van der Waals surface area (Å²) in [5.41, 5.74) is 1.09. The van der Waals surface area contributed by atoms with Crippen LogP contribution in [0.15, 0.2) is 66.2 Å². The molecule has 0 saturated heterocycles. The van der Waals surface area contributed by atoms with Gasteiger partial charge in [0.25, 0.3) is 5.12 Å². The van der Waals surface area contributed by atoms with Gasteiger partial charge < -0.3 is 0 Å². The Hall–Kier alpha value is -2.46. The molecule has 0 bridgehead atoms. The molecule has 2 aromatic carbocycles. The predicted molar refractivity (Wildman–Crippen MR) is 81.7 cm³/mol. The SMILES string of the molecule is O=C(C1=C(c2ccccc2)SC(=[17O])C1=[17O])c1ccccc1. The number of Topliss-reactive ketones (excluding diaryl/α,β-unsaturated/α-hetero) is 2. The third-order valence-electron chi connectivity index (χ3n) is 3.13. The number of carbonyl (C=O) groups excluding carboxylic acids is 3. The minimum absolute atomic E-state index is 0.0256. The molecule has 0 aliphatic carbocycles. The number of rotatable bonds is 3. The predicted octanol–water partition coefficient (Wildman–Crippen LogP) is 3.12. The van der Waals surface area contributed by atoms with Gasteiger partial charge >= 0.3 is 0 Å². The van der Waals surface area contributed by atoms with Crippen LogP contribution in [0.2, 0.25) is 0 Å². The Morgan fingerprint density at radius 1 is 0.857 bits per heavy atom. The van der Waals surface area contributed by atoms with Gasteiger partial charge in [0, 0.05) is 10.5 Å². The molecule has 0 spiro atoms. The fourth-order valence-electron chi connectivity index (χ4n) is 2.13. The number of thioether (sulfide) groups is 1. The lowest BCUT2D eigenvalue weighted by Gasteiger charge is -2.04. The first-order valence-corrected chi connectivity index (χ1v) is 7.16. The van der Waals surface area contributed by atoms with Crippen molar-refractivity contribution in [3.05, 3.63) is 77.4 Å². The van der Waals surface area contributed by atoms with E-state index in [-0.39, 0.29) is 5.57 Å². The minimum atomic E-state index is -0.715. The second kappa shape index (κ2) is 5.50. The summed E-state index contributed by atoms with van der Waals surface area (Å²) < 4.78 is 0. The summed E-state index contributed by atoms with van der Waals surface area (Å²) in [5.74, 6) is -1.12. The summed E-state index contributed by atoms with van der Waals surface area (Å²) in [4.78, 5) is 36.8. The first-order chi connectivity index (χ1) is 10.2. The van der Waals surface area contributed by atoms with Gasteiger partial charge in [0.2, 0.25) is 5.78 Å². The number of hydrogen-bond acceptors (Lipinski definition) is 4. The monoisotopic (exact) mass is 296 g/mol. The second-order valence-electron chi connectivity index (χ2n) is 4.48. The maximum absolute atomic E-state index is 12.5. The molecular formula is C17H10O3S. The first-order valence-electron chi connectivity index (χ1n) is 6.34. The molecule has 21 heavy (non-hydrogen) atoms. The van der Waals surface area contributed by atoms with E-state index >= 15 is 0 Å². The molecule has 4 heteroatoms. The molecule has 0 atom stereocenters. The van der Waals surface area contributed by atoms with Crippen molar-refractivity contribution in [1.82, 2.24) is 0 Å². The zero-order valence-corrected chi connectivity index (χ0v) is 11.7. The van der Waals surface area contributed by atoms with Gasteiger partial charge in [-0.2, -0.15) is 0 Å². The van der Waals surface area contributed by atoms with Crippen molar-refractivity contribution in [3.8, 4) is 0 Å². The van der Waals surface area contributed by atoms with Crippen LogP contribution in [0.1, 0.15) is 15.9 Å². The number of hydrogen-bond donors (Lipinski definition) is 0. The number of benzene rings is 2. The van der Waals surface area contributed by atoms with E-state index in [4.69, 9.17) is 0 Å². The summed E-state index contributed by atoms with van der Waals surface area (Å²) in [6.07, 6.45) is 0. The molecule has 3 rings (SSSR count). The van der Waals surface area contributed by atoms with E-state index in [0.29, 0.717) is 16.0 Å². The molecule has 102 valence electrons. The van der Waals surface area contributed by atoms with Crippen molar-refractivity contribution in [2.24, 2.45) is 0 Å². The van der Waals surface area contributed by atoms with E-state index < -0.39 is 16.7 Å². The zero-order chi connectivity index (χ0) is 14.8. The van der Waals surface area contributed by atoms with Crippen LogP contribution in [-0.2, 0) is 9.59 Å². The van der Waals surface area contributed by atoms with Gasteiger partial charge in [0.15, 0.2) is 5.78 Å². The molecular weight excluding hydrogens is 286 g/mol. The van der Waals surface area contributed by atoms with Gasteiger partial charge in [-0.15, -0.1) is 0 Å². The molecule has 1 heterocycles. The number of allylic oxidation sites excluding steroid dienone is 1. The summed E-state index contributed by atoms with van der Waals surface area (Å²) in [6, 6.07) is 17.5. The summed E-state index contributed by atoms with van der Waals surface area (Å²) >= 11 is 0.828. The van der Waals surface area contributed by atoms with Crippen LogP contribution in [0, 0.1) is 0 Å². The second-order valence-corrected chi connectivity index (χ2v) is 5.47. The lowest BCUT2D eigenvalue weighted by molar-refractivity contribution is -0.128. The van der Waals surface area contributed by atoms with Crippen molar-refractivity contribution < 1.29 is 14.4 Å². The molecule has 0 fully saturated rings. The first kappa shape index (κ1) is 13.5. The van der Waals surface area contributed by atoms with E-state index in [1.165, 1.54) is 0 Å². The van der Waals surface area contributed by atoms with Gasteiger partial charge in [-0.25, -0.2) is 0 Å². The fraction of sp³-hybridized carbons (Fsp3) is 0. The standard InChI is InChI=1S/C17H10O3S/c18-14(11-7-3-1-4-8-11)13-15(19)17(20)21-16(13)12-9-5-2-6-10-12/h1-10H/i19+1,20+1. The van der Waals surface area contributed by atoms with Crippen molar-refractivity contribution in [2.45, 2.75) is 0 Å². The van der Waals surface area contributed by atoms with Crippen LogP contribution >= 0.6 is 11.8 Å². The molecule has 2 aromatic rings. The van der Waals surface area contributed by atoms with Crippen molar-refractivity contribution in [1.29, 1.82) is 0 Å². The smallest absolute Gasteiger partial charge is 0.264 e. The van der Waals surface area contributed by atoms with E-state index in [9.17, 15) is 14.4 Å². The van der Waals surface area contributed by atoms with E-state index in [1.807, 2.05) is 6.07 Å². The largest absolute Gasteiger partial charge is 0.288 e. The van der Waals surface area contributed by atoms with Crippen LogP contribution in [0.4, 0.5) is 0 Å². The van der Waals surface area contributed by atoms with Gasteiger partial charge in [-0.05, 0) is 17.3 Å². The topological polar surface area (TPSA) is 51.2 Å². The van der Waals surface area contributed by atoms with Gasteiger partial charge in [0.05, 0.1) is 5.57 Å². The lowest BCUT2D eigenvalue weighted by Crippen LogP contribution is -2.15. The Bertz CT molecular complexity index is 761. The molecule has 1 aliphatic heterocycles. The molecule has 1 aliphatic rings. The Morgan fingerprint density at radius 3 is 2.05 bits per heavy atom. The third-order valence-corrected chi connectivity index (χ3v) is 4.15. The maximum Gasteiger partial charge on any atom is 0.264 e. The highest BCUT2D eigenvalue weighted by molar-refractivity contribution is 8.24. The molecule has 0 amide bonds. The van der Waals surface area contributed by atoms with Crippen molar-refractivity contribution >= 4 is 33.3 Å². The summed E-state index contributed by atoms with van der Waals surface area (Å²) in [5, 5.41) is -0.604. The van der Waals surface area contributed by atoms with Crippen molar-refractivity contribution in [3.63, 3.8) is 0 Å². The van der Waals surface area contributed by atoms with E-state index in [1.54, 1.807) is 54.6 Å². The van der Waals surface area contributed by atoms with E-state index in [2.05, 4.69) is 0 Å². The third kappa shape index (κ3) is 2.45. The van der Waals surface area contributed by atoms with Crippen LogP contribution in [0.3, 0.4) is 0 Å². The quantitative estimate of drug-likeness (QED) is 0.496. The maximum atomic E-state index is 12.5. The number of carbonyl (C=O) groups is 3. The highest BCUT2D eigenvalue weighted by atomic mass is 32.2. The minimum Gasteiger partial charge on any atom is -0.288 e. The Labute approximate surface area is 125 Å². The molecule has 0 saturated carbocycles. The summed E-state index contributed by atoms with van der Waals surface area (Å²) in [6.45, 7) is 0. The normalized spacial score (nSPS) is 14.7. The Kier molecular flexibility index (Phi) is 3.54.